The average molecular weight is 241 g/mol. The molecule has 0 saturated carbocycles. The minimum atomic E-state index is 0.726. The van der Waals surface area contributed by atoms with E-state index in [1.165, 1.54) is 0 Å². The molecule has 1 saturated heterocycles. The minimum Gasteiger partial charge on any atom is -0.304 e. The van der Waals surface area contributed by atoms with E-state index in [0.717, 1.165) is 43.3 Å². The summed E-state index contributed by atoms with van der Waals surface area (Å²) in [5.41, 5.74) is 4.49. The van der Waals surface area contributed by atoms with Gasteiger partial charge in [-0.25, -0.2) is 5.01 Å². The second-order valence-corrected chi connectivity index (χ2v) is 4.50. The normalized spacial score (nSPS) is 18.9. The number of hydrazine groups is 1. The third-order valence-electron chi connectivity index (χ3n) is 2.85. The molecule has 0 aliphatic carbocycles. The molecule has 1 fully saturated rings. The number of nitrogens with one attached hydrogen (secondary N) is 1. The van der Waals surface area contributed by atoms with Gasteiger partial charge in [0.05, 0.1) is 5.02 Å². The van der Waals surface area contributed by atoms with Crippen LogP contribution in [-0.4, -0.2) is 48.1 Å². The predicted molar refractivity (Wildman–Crippen MR) is 65.2 cm³/mol. The summed E-state index contributed by atoms with van der Waals surface area (Å²) in [5, 5.41) is 2.97. The van der Waals surface area contributed by atoms with Gasteiger partial charge in [0.25, 0.3) is 0 Å². The van der Waals surface area contributed by atoms with Crippen molar-refractivity contribution in [2.24, 2.45) is 0 Å². The summed E-state index contributed by atoms with van der Waals surface area (Å²) in [7, 11) is 2.15. The van der Waals surface area contributed by atoms with Gasteiger partial charge in [-0.2, -0.15) is 0 Å². The second-order valence-electron chi connectivity index (χ2n) is 4.09. The Balaban J connectivity index is 1.81. The van der Waals surface area contributed by atoms with Crippen LogP contribution in [0.5, 0.6) is 0 Å². The zero-order valence-electron chi connectivity index (χ0n) is 9.49. The van der Waals surface area contributed by atoms with E-state index in [-0.39, 0.29) is 0 Å². The molecule has 1 aromatic heterocycles. The topological polar surface area (TPSA) is 31.4 Å². The number of pyridine rings is 1. The smallest absolute Gasteiger partial charge is 0.0634 e. The lowest BCUT2D eigenvalue weighted by Crippen LogP contribution is -2.50. The van der Waals surface area contributed by atoms with Crippen molar-refractivity contribution in [2.45, 2.75) is 6.54 Å². The maximum absolute atomic E-state index is 6.04. The number of nitrogens with zero attached hydrogens (tertiary/aromatic N) is 3. The van der Waals surface area contributed by atoms with Crippen LogP contribution in [0.15, 0.2) is 18.5 Å². The molecule has 4 nitrogen and oxygen atoms in total. The van der Waals surface area contributed by atoms with Crippen molar-refractivity contribution >= 4 is 11.6 Å². The molecular weight excluding hydrogens is 224 g/mol. The molecule has 1 N–H and O–H groups in total. The van der Waals surface area contributed by atoms with Crippen LogP contribution in [0, 0.1) is 0 Å². The van der Waals surface area contributed by atoms with E-state index < -0.39 is 0 Å². The molecule has 16 heavy (non-hydrogen) atoms. The molecule has 0 amide bonds. The van der Waals surface area contributed by atoms with Crippen molar-refractivity contribution in [1.82, 2.24) is 20.3 Å². The first-order valence-electron chi connectivity index (χ1n) is 5.51. The van der Waals surface area contributed by atoms with Gasteiger partial charge in [-0.1, -0.05) is 11.6 Å². The molecule has 2 rings (SSSR count). The third-order valence-corrected chi connectivity index (χ3v) is 3.19. The van der Waals surface area contributed by atoms with Crippen LogP contribution in [0.3, 0.4) is 0 Å². The average Bonchev–Trinajstić information content (AvgIpc) is 2.30. The number of halogens is 1. The Morgan fingerprint density at radius 1 is 1.38 bits per heavy atom. The van der Waals surface area contributed by atoms with Crippen molar-refractivity contribution < 1.29 is 0 Å². The lowest BCUT2D eigenvalue weighted by molar-refractivity contribution is 0.102. The Morgan fingerprint density at radius 3 is 2.81 bits per heavy atom. The molecule has 1 aromatic rings. The van der Waals surface area contributed by atoms with E-state index in [0.29, 0.717) is 0 Å². The van der Waals surface area contributed by atoms with Gasteiger partial charge in [0.15, 0.2) is 0 Å². The Kier molecular flexibility index (Phi) is 4.12. The summed E-state index contributed by atoms with van der Waals surface area (Å²) >= 11 is 6.04. The molecule has 0 atom stereocenters. The van der Waals surface area contributed by atoms with Gasteiger partial charge in [0.1, 0.15) is 0 Å². The van der Waals surface area contributed by atoms with E-state index in [1.54, 1.807) is 12.4 Å². The number of hydrogen-bond donors (Lipinski definition) is 1. The zero-order chi connectivity index (χ0) is 11.4. The first-order chi connectivity index (χ1) is 7.75. The third kappa shape index (κ3) is 3.15. The predicted octanol–water partition coefficient (Wildman–Crippen LogP) is 0.987. The van der Waals surface area contributed by atoms with Crippen molar-refractivity contribution in [3.05, 3.63) is 29.0 Å². The molecule has 0 aromatic carbocycles. The number of hydrogen-bond acceptors (Lipinski definition) is 4. The van der Waals surface area contributed by atoms with Crippen LogP contribution in [0.4, 0.5) is 0 Å². The fourth-order valence-electron chi connectivity index (χ4n) is 1.71. The highest BCUT2D eigenvalue weighted by molar-refractivity contribution is 6.31. The summed E-state index contributed by atoms with van der Waals surface area (Å²) in [5.74, 6) is 0. The molecular formula is C11H17ClN4. The molecule has 2 heterocycles. The van der Waals surface area contributed by atoms with Crippen LogP contribution in [0.1, 0.15) is 5.56 Å². The van der Waals surface area contributed by atoms with Crippen LogP contribution >= 0.6 is 11.6 Å². The number of rotatable bonds is 3. The summed E-state index contributed by atoms with van der Waals surface area (Å²) < 4.78 is 0. The van der Waals surface area contributed by atoms with Gasteiger partial charge in [0.2, 0.25) is 0 Å². The molecule has 0 spiro atoms. The second kappa shape index (κ2) is 5.59. The fourth-order valence-corrected chi connectivity index (χ4v) is 1.90. The Hall–Kier alpha value is -0.680. The van der Waals surface area contributed by atoms with Gasteiger partial charge in [-0.05, 0) is 18.7 Å². The highest BCUT2D eigenvalue weighted by atomic mass is 35.5. The quantitative estimate of drug-likeness (QED) is 0.854. The van der Waals surface area contributed by atoms with Crippen LogP contribution < -0.4 is 5.43 Å². The molecule has 1 aliphatic rings. The maximum atomic E-state index is 6.04. The zero-order valence-corrected chi connectivity index (χ0v) is 10.2. The van der Waals surface area contributed by atoms with E-state index in [2.05, 4.69) is 27.4 Å². The van der Waals surface area contributed by atoms with Crippen LogP contribution in [0.25, 0.3) is 0 Å². The number of aromatic nitrogens is 1. The van der Waals surface area contributed by atoms with Crippen molar-refractivity contribution in [3.8, 4) is 0 Å². The standard InChI is InChI=1S/C11H17ClN4/c1-15-4-6-16(7-5-15)14-8-10-2-3-13-9-11(10)12/h2-3,9,14H,4-8H2,1H3. The molecule has 88 valence electrons. The first kappa shape index (κ1) is 11.8. The largest absolute Gasteiger partial charge is 0.304 e. The molecule has 5 heteroatoms. The highest BCUT2D eigenvalue weighted by Crippen LogP contribution is 2.12. The maximum Gasteiger partial charge on any atom is 0.0634 e. The molecule has 0 unspecified atom stereocenters. The fraction of sp³-hybridized carbons (Fsp3) is 0.545. The lowest BCUT2D eigenvalue weighted by atomic mass is 10.3. The Bertz CT molecular complexity index is 337. The molecule has 1 aliphatic heterocycles. The van der Waals surface area contributed by atoms with Crippen LogP contribution in [-0.2, 0) is 6.54 Å². The summed E-state index contributed by atoms with van der Waals surface area (Å²) in [6, 6.07) is 1.95. The number of likely N-dealkylation sites (N-methyl/N-ethyl adjacent to an activating group) is 1. The summed E-state index contributed by atoms with van der Waals surface area (Å²) in [4.78, 5) is 6.30. The van der Waals surface area contributed by atoms with Crippen molar-refractivity contribution in [1.29, 1.82) is 0 Å². The summed E-state index contributed by atoms with van der Waals surface area (Å²) in [6.07, 6.45) is 3.45. The van der Waals surface area contributed by atoms with Gasteiger partial charge in [-0.15, -0.1) is 0 Å². The van der Waals surface area contributed by atoms with Gasteiger partial charge in [0, 0.05) is 45.1 Å². The Morgan fingerprint density at radius 2 is 2.12 bits per heavy atom. The van der Waals surface area contributed by atoms with E-state index in [4.69, 9.17) is 11.6 Å². The SMILES string of the molecule is CN1CCN(NCc2ccncc2Cl)CC1. The minimum absolute atomic E-state index is 0.726. The Labute approximate surface area is 101 Å². The molecule has 0 bridgehead atoms. The van der Waals surface area contributed by atoms with Crippen LogP contribution in [0.2, 0.25) is 5.02 Å². The van der Waals surface area contributed by atoms with Crippen molar-refractivity contribution in [3.63, 3.8) is 0 Å². The number of piperazine rings is 1. The van der Waals surface area contributed by atoms with E-state index in [9.17, 15) is 0 Å². The molecule has 0 radical (unpaired) electrons. The lowest BCUT2D eigenvalue weighted by Gasteiger charge is -2.32. The van der Waals surface area contributed by atoms with Gasteiger partial charge in [-0.3, -0.25) is 10.4 Å². The summed E-state index contributed by atoms with van der Waals surface area (Å²) in [6.45, 7) is 5.09. The first-order valence-corrected chi connectivity index (χ1v) is 5.89. The van der Waals surface area contributed by atoms with E-state index in [1.807, 2.05) is 6.07 Å². The van der Waals surface area contributed by atoms with Crippen molar-refractivity contribution in [2.75, 3.05) is 33.2 Å². The van der Waals surface area contributed by atoms with Gasteiger partial charge >= 0.3 is 0 Å². The monoisotopic (exact) mass is 240 g/mol. The van der Waals surface area contributed by atoms with Gasteiger partial charge < -0.3 is 4.90 Å². The van der Waals surface area contributed by atoms with E-state index >= 15 is 0 Å². The highest BCUT2D eigenvalue weighted by Gasteiger charge is 2.13.